The molecular weight excluding hydrogens is 264 g/mol. The van der Waals surface area contributed by atoms with Crippen LogP contribution in [0.15, 0.2) is 0 Å². The smallest absolute Gasteiger partial charge is 0.798 e. The minimum atomic E-state index is -3.52. The number of hydrogen-bond donors (Lipinski definition) is 1. The molecule has 1 saturated carbocycles. The Bertz CT molecular complexity index is 299. The fourth-order valence-electron chi connectivity index (χ4n) is 2.68. The summed E-state index contributed by atoms with van der Waals surface area (Å²) in [7, 11) is -3.52. The standard InChI is InChI=1S/C11H22NO4P.Na/c13-10-3-1-2-4-11(10)17(14,15)9-12-5-7-16-8-6-12;/h10-11,13H,1-9H2,(H,14,15);/q;+1/p-1. The third kappa shape index (κ3) is 4.57. The van der Waals surface area contributed by atoms with Gasteiger partial charge >= 0.3 is 29.6 Å². The average molecular weight is 285 g/mol. The zero-order valence-corrected chi connectivity index (χ0v) is 14.0. The first-order valence-corrected chi connectivity index (χ1v) is 8.25. The maximum Gasteiger partial charge on any atom is 1.00 e. The molecule has 1 heterocycles. The molecule has 0 aromatic rings. The monoisotopic (exact) mass is 285 g/mol. The number of aliphatic hydroxyl groups is 1. The first-order valence-electron chi connectivity index (χ1n) is 6.37. The van der Waals surface area contributed by atoms with Gasteiger partial charge in [0.2, 0.25) is 0 Å². The second-order valence-corrected chi connectivity index (χ2v) is 7.42. The number of morpholine rings is 1. The van der Waals surface area contributed by atoms with Crippen LogP contribution < -0.4 is 34.5 Å². The van der Waals surface area contributed by atoms with Gasteiger partial charge in [-0.05, 0) is 12.8 Å². The molecule has 2 rings (SSSR count). The van der Waals surface area contributed by atoms with E-state index in [-0.39, 0.29) is 35.8 Å². The third-order valence-corrected chi connectivity index (χ3v) is 6.11. The fraction of sp³-hybridized carbons (Fsp3) is 1.00. The van der Waals surface area contributed by atoms with Crippen molar-refractivity contribution in [3.05, 3.63) is 0 Å². The molecule has 2 aliphatic rings. The van der Waals surface area contributed by atoms with Gasteiger partial charge in [-0.1, -0.05) is 12.8 Å². The van der Waals surface area contributed by atoms with E-state index in [4.69, 9.17) is 4.74 Å². The summed E-state index contributed by atoms with van der Waals surface area (Å²) in [6.45, 7) is 2.56. The van der Waals surface area contributed by atoms with E-state index in [0.29, 0.717) is 39.1 Å². The molecule has 0 aromatic carbocycles. The Morgan fingerprint density at radius 3 is 2.50 bits per heavy atom. The van der Waals surface area contributed by atoms with Gasteiger partial charge in [-0.2, -0.15) is 0 Å². The van der Waals surface area contributed by atoms with Gasteiger partial charge in [-0.3, -0.25) is 4.90 Å². The first kappa shape index (κ1) is 17.1. The number of hydrogen-bond acceptors (Lipinski definition) is 5. The van der Waals surface area contributed by atoms with Crippen LogP contribution in [0.5, 0.6) is 0 Å². The molecule has 0 bridgehead atoms. The van der Waals surface area contributed by atoms with E-state index in [1.807, 2.05) is 4.90 Å². The number of nitrogens with zero attached hydrogens (tertiary/aromatic N) is 1. The summed E-state index contributed by atoms with van der Waals surface area (Å²) in [6.07, 6.45) is 2.53. The average Bonchev–Trinajstić information content (AvgIpc) is 2.30. The molecule has 0 aromatic heterocycles. The normalized spacial score (nSPS) is 33.4. The van der Waals surface area contributed by atoms with Crippen molar-refractivity contribution in [3.8, 4) is 0 Å². The molecule has 0 spiro atoms. The summed E-state index contributed by atoms with van der Waals surface area (Å²) < 4.78 is 17.4. The molecule has 1 aliphatic heterocycles. The molecule has 1 N–H and O–H groups in total. The number of ether oxygens (including phenoxy) is 1. The SMILES string of the molecule is O=P([O-])(CN1CCOCC1)C1CCCCC1O.[Na+]. The predicted octanol–water partition coefficient (Wildman–Crippen LogP) is -2.78. The van der Waals surface area contributed by atoms with Crippen molar-refractivity contribution in [3.63, 3.8) is 0 Å². The quantitative estimate of drug-likeness (QED) is 0.449. The Kier molecular flexibility index (Phi) is 7.37. The van der Waals surface area contributed by atoms with Crippen LogP contribution in [0.2, 0.25) is 0 Å². The Hall–Kier alpha value is 1.07. The summed E-state index contributed by atoms with van der Waals surface area (Å²) in [5.74, 6) is 0. The molecule has 18 heavy (non-hydrogen) atoms. The molecule has 1 aliphatic carbocycles. The minimum Gasteiger partial charge on any atom is -0.798 e. The van der Waals surface area contributed by atoms with Gasteiger partial charge in [-0.15, -0.1) is 0 Å². The van der Waals surface area contributed by atoms with E-state index < -0.39 is 19.1 Å². The van der Waals surface area contributed by atoms with Gasteiger partial charge in [0.1, 0.15) is 0 Å². The van der Waals surface area contributed by atoms with E-state index in [9.17, 15) is 14.6 Å². The maximum atomic E-state index is 12.2. The van der Waals surface area contributed by atoms with E-state index >= 15 is 0 Å². The molecule has 1 saturated heterocycles. The molecule has 0 amide bonds. The van der Waals surface area contributed by atoms with Gasteiger partial charge < -0.3 is 19.3 Å². The van der Waals surface area contributed by atoms with Crippen molar-refractivity contribution in [1.82, 2.24) is 4.90 Å². The number of aliphatic hydroxyl groups excluding tert-OH is 1. The molecule has 100 valence electrons. The molecule has 2 fully saturated rings. The van der Waals surface area contributed by atoms with Crippen molar-refractivity contribution in [2.75, 3.05) is 32.6 Å². The maximum absolute atomic E-state index is 12.2. The van der Waals surface area contributed by atoms with Gasteiger partial charge in [-0.25, -0.2) is 0 Å². The summed E-state index contributed by atoms with van der Waals surface area (Å²) in [6, 6.07) is 0. The largest absolute Gasteiger partial charge is 1.00 e. The van der Waals surface area contributed by atoms with Crippen LogP contribution in [0.4, 0.5) is 0 Å². The zero-order chi connectivity index (χ0) is 12.3. The predicted molar refractivity (Wildman–Crippen MR) is 63.1 cm³/mol. The molecule has 7 heteroatoms. The second kappa shape index (κ2) is 7.75. The van der Waals surface area contributed by atoms with Crippen LogP contribution in [0.1, 0.15) is 25.7 Å². The van der Waals surface area contributed by atoms with E-state index in [1.165, 1.54) is 0 Å². The van der Waals surface area contributed by atoms with E-state index in [2.05, 4.69) is 0 Å². The fourth-order valence-corrected chi connectivity index (χ4v) is 4.98. The first-order chi connectivity index (χ1) is 8.09. The van der Waals surface area contributed by atoms with Crippen LogP contribution in [-0.4, -0.2) is 54.4 Å². The molecule has 5 nitrogen and oxygen atoms in total. The van der Waals surface area contributed by atoms with Crippen LogP contribution >= 0.6 is 7.37 Å². The van der Waals surface area contributed by atoms with Crippen LogP contribution in [0.25, 0.3) is 0 Å². The molecule has 0 radical (unpaired) electrons. The van der Waals surface area contributed by atoms with Crippen molar-refractivity contribution < 1.29 is 48.9 Å². The van der Waals surface area contributed by atoms with Crippen LogP contribution in [0, 0.1) is 0 Å². The van der Waals surface area contributed by atoms with Crippen molar-refractivity contribution in [2.24, 2.45) is 0 Å². The van der Waals surface area contributed by atoms with Crippen molar-refractivity contribution >= 4 is 7.37 Å². The van der Waals surface area contributed by atoms with Gasteiger partial charge in [0.15, 0.2) is 0 Å². The molecule has 3 unspecified atom stereocenters. The summed E-state index contributed by atoms with van der Waals surface area (Å²) in [4.78, 5) is 14.2. The zero-order valence-electron chi connectivity index (χ0n) is 11.1. The van der Waals surface area contributed by atoms with E-state index in [0.717, 1.165) is 12.8 Å². The molecular formula is C11H21NNaO4P. The second-order valence-electron chi connectivity index (χ2n) is 5.02. The Balaban J connectivity index is 0.00000162. The topological polar surface area (TPSA) is 72.8 Å². The Labute approximate surface area is 131 Å². The molecule has 3 atom stereocenters. The Morgan fingerprint density at radius 1 is 1.28 bits per heavy atom. The summed E-state index contributed by atoms with van der Waals surface area (Å²) in [5, 5.41) is 9.82. The summed E-state index contributed by atoms with van der Waals surface area (Å²) in [5.41, 5.74) is -0.529. The minimum absolute atomic E-state index is 0. The van der Waals surface area contributed by atoms with Crippen molar-refractivity contribution in [2.45, 2.75) is 37.4 Å². The van der Waals surface area contributed by atoms with Gasteiger partial charge in [0, 0.05) is 32.4 Å². The number of rotatable bonds is 3. The third-order valence-electron chi connectivity index (χ3n) is 3.70. The summed E-state index contributed by atoms with van der Waals surface area (Å²) >= 11 is 0. The van der Waals surface area contributed by atoms with Crippen molar-refractivity contribution in [1.29, 1.82) is 0 Å². The van der Waals surface area contributed by atoms with Gasteiger partial charge in [0.05, 0.1) is 19.3 Å². The van der Waals surface area contributed by atoms with E-state index in [1.54, 1.807) is 0 Å². The van der Waals surface area contributed by atoms with Crippen LogP contribution in [0.3, 0.4) is 0 Å². The van der Waals surface area contributed by atoms with Crippen LogP contribution in [-0.2, 0) is 9.30 Å². The Morgan fingerprint density at radius 2 is 1.89 bits per heavy atom. The van der Waals surface area contributed by atoms with Gasteiger partial charge in [0.25, 0.3) is 0 Å².